The summed E-state index contributed by atoms with van der Waals surface area (Å²) in [6.07, 6.45) is 2.05. The molecule has 1 aliphatic rings. The SMILES string of the molecule is COc1ccc(CCN2CC(C=O)CC2=O)cc1. The molecule has 0 radical (unpaired) electrons. The maximum atomic E-state index is 11.6. The van der Waals surface area contributed by atoms with E-state index in [-0.39, 0.29) is 11.8 Å². The molecule has 1 heterocycles. The number of rotatable bonds is 5. The van der Waals surface area contributed by atoms with E-state index < -0.39 is 0 Å². The molecule has 1 amide bonds. The normalized spacial score (nSPS) is 19.1. The molecule has 1 aliphatic heterocycles. The van der Waals surface area contributed by atoms with Gasteiger partial charge in [0.15, 0.2) is 0 Å². The molecule has 0 spiro atoms. The lowest BCUT2D eigenvalue weighted by molar-refractivity contribution is -0.127. The molecule has 0 aromatic heterocycles. The number of benzene rings is 1. The third-order valence-electron chi connectivity index (χ3n) is 3.27. The summed E-state index contributed by atoms with van der Waals surface area (Å²) in [6.45, 7) is 1.24. The largest absolute Gasteiger partial charge is 0.497 e. The first-order chi connectivity index (χ1) is 8.72. The van der Waals surface area contributed by atoms with Gasteiger partial charge in [-0.25, -0.2) is 0 Å². The molecule has 0 saturated carbocycles. The number of amides is 1. The number of hydrogen-bond donors (Lipinski definition) is 0. The van der Waals surface area contributed by atoms with Gasteiger partial charge in [0.25, 0.3) is 0 Å². The highest BCUT2D eigenvalue weighted by Gasteiger charge is 2.28. The number of aldehydes is 1. The summed E-state index contributed by atoms with van der Waals surface area (Å²) in [5.41, 5.74) is 1.16. The van der Waals surface area contributed by atoms with Gasteiger partial charge in [-0.05, 0) is 24.1 Å². The van der Waals surface area contributed by atoms with Crippen molar-refractivity contribution in [2.75, 3.05) is 20.2 Å². The Bertz CT molecular complexity index is 427. The van der Waals surface area contributed by atoms with Gasteiger partial charge < -0.3 is 14.4 Å². The van der Waals surface area contributed by atoms with Gasteiger partial charge >= 0.3 is 0 Å². The molecule has 2 rings (SSSR count). The number of hydrogen-bond acceptors (Lipinski definition) is 3. The summed E-state index contributed by atoms with van der Waals surface area (Å²) < 4.78 is 5.09. The van der Waals surface area contributed by atoms with Crippen LogP contribution in [0.2, 0.25) is 0 Å². The summed E-state index contributed by atoms with van der Waals surface area (Å²) in [7, 11) is 1.64. The first-order valence-electron chi connectivity index (χ1n) is 6.09. The fourth-order valence-electron chi connectivity index (χ4n) is 2.17. The molecule has 0 aliphatic carbocycles. The second-order valence-electron chi connectivity index (χ2n) is 4.54. The summed E-state index contributed by atoms with van der Waals surface area (Å²) >= 11 is 0. The molecular weight excluding hydrogens is 230 g/mol. The average molecular weight is 247 g/mol. The zero-order valence-corrected chi connectivity index (χ0v) is 10.5. The van der Waals surface area contributed by atoms with Crippen LogP contribution >= 0.6 is 0 Å². The number of carbonyl (C=O) groups is 2. The van der Waals surface area contributed by atoms with E-state index in [0.29, 0.717) is 19.5 Å². The van der Waals surface area contributed by atoms with E-state index in [1.54, 1.807) is 12.0 Å². The van der Waals surface area contributed by atoms with E-state index in [1.807, 2.05) is 24.3 Å². The van der Waals surface area contributed by atoms with Crippen LogP contribution in [0.5, 0.6) is 5.75 Å². The third kappa shape index (κ3) is 2.88. The smallest absolute Gasteiger partial charge is 0.223 e. The van der Waals surface area contributed by atoms with Crippen molar-refractivity contribution in [2.45, 2.75) is 12.8 Å². The van der Waals surface area contributed by atoms with Crippen molar-refractivity contribution in [2.24, 2.45) is 5.92 Å². The Morgan fingerprint density at radius 2 is 2.11 bits per heavy atom. The standard InChI is InChI=1S/C14H17NO3/c1-18-13-4-2-11(3-5-13)6-7-15-9-12(10-16)8-14(15)17/h2-5,10,12H,6-9H2,1H3. The molecule has 1 unspecified atom stereocenters. The summed E-state index contributed by atoms with van der Waals surface area (Å²) in [5.74, 6) is 0.797. The molecule has 1 aromatic carbocycles. The molecule has 1 aromatic rings. The predicted octanol–water partition coefficient (Wildman–Crippen LogP) is 1.29. The van der Waals surface area contributed by atoms with Crippen LogP contribution in [0.1, 0.15) is 12.0 Å². The Labute approximate surface area is 107 Å². The number of ether oxygens (including phenoxy) is 1. The number of carbonyl (C=O) groups excluding carboxylic acids is 2. The van der Waals surface area contributed by atoms with E-state index >= 15 is 0 Å². The number of methoxy groups -OCH3 is 1. The molecule has 0 bridgehead atoms. The molecule has 4 heteroatoms. The third-order valence-corrected chi connectivity index (χ3v) is 3.27. The van der Waals surface area contributed by atoms with Crippen molar-refractivity contribution >= 4 is 12.2 Å². The van der Waals surface area contributed by atoms with E-state index in [9.17, 15) is 9.59 Å². The van der Waals surface area contributed by atoms with Crippen LogP contribution in [-0.2, 0) is 16.0 Å². The zero-order valence-electron chi connectivity index (χ0n) is 10.5. The van der Waals surface area contributed by atoms with Crippen LogP contribution in [0.25, 0.3) is 0 Å². The summed E-state index contributed by atoms with van der Waals surface area (Å²) in [5, 5.41) is 0. The van der Waals surface area contributed by atoms with Crippen molar-refractivity contribution < 1.29 is 14.3 Å². The van der Waals surface area contributed by atoms with Crippen LogP contribution in [0.15, 0.2) is 24.3 Å². The van der Waals surface area contributed by atoms with Crippen LogP contribution in [-0.4, -0.2) is 37.3 Å². The Morgan fingerprint density at radius 1 is 1.39 bits per heavy atom. The van der Waals surface area contributed by atoms with Gasteiger partial charge in [0.1, 0.15) is 12.0 Å². The van der Waals surface area contributed by atoms with Gasteiger partial charge in [0, 0.05) is 25.4 Å². The van der Waals surface area contributed by atoms with Gasteiger partial charge in [-0.3, -0.25) is 4.79 Å². The molecule has 4 nitrogen and oxygen atoms in total. The molecule has 1 fully saturated rings. The summed E-state index contributed by atoms with van der Waals surface area (Å²) in [6, 6.07) is 7.82. The van der Waals surface area contributed by atoms with E-state index in [1.165, 1.54) is 0 Å². The Balaban J connectivity index is 1.87. The van der Waals surface area contributed by atoms with Gasteiger partial charge in [0.2, 0.25) is 5.91 Å². The maximum absolute atomic E-state index is 11.6. The van der Waals surface area contributed by atoms with E-state index in [2.05, 4.69) is 0 Å². The molecule has 96 valence electrons. The van der Waals surface area contributed by atoms with Gasteiger partial charge in [-0.15, -0.1) is 0 Å². The topological polar surface area (TPSA) is 46.6 Å². The molecule has 1 atom stereocenters. The lowest BCUT2D eigenvalue weighted by Gasteiger charge is -2.15. The first kappa shape index (κ1) is 12.6. The van der Waals surface area contributed by atoms with Crippen molar-refractivity contribution in [1.29, 1.82) is 0 Å². The predicted molar refractivity (Wildman–Crippen MR) is 67.4 cm³/mol. The zero-order chi connectivity index (χ0) is 13.0. The van der Waals surface area contributed by atoms with Gasteiger partial charge in [-0.1, -0.05) is 12.1 Å². The maximum Gasteiger partial charge on any atom is 0.223 e. The second-order valence-corrected chi connectivity index (χ2v) is 4.54. The molecular formula is C14H17NO3. The average Bonchev–Trinajstić information content (AvgIpc) is 2.77. The van der Waals surface area contributed by atoms with Crippen molar-refractivity contribution in [3.8, 4) is 5.75 Å². The molecule has 1 saturated heterocycles. The highest BCUT2D eigenvalue weighted by molar-refractivity contribution is 5.82. The monoisotopic (exact) mass is 247 g/mol. The van der Waals surface area contributed by atoms with Crippen LogP contribution in [0.3, 0.4) is 0 Å². The quantitative estimate of drug-likeness (QED) is 0.736. The second kappa shape index (κ2) is 5.67. The lowest BCUT2D eigenvalue weighted by Crippen LogP contribution is -2.27. The Hall–Kier alpha value is -1.84. The number of likely N-dealkylation sites (tertiary alicyclic amines) is 1. The van der Waals surface area contributed by atoms with Crippen molar-refractivity contribution in [3.05, 3.63) is 29.8 Å². The molecule has 0 N–H and O–H groups in total. The number of nitrogens with zero attached hydrogens (tertiary/aromatic N) is 1. The van der Waals surface area contributed by atoms with Crippen LogP contribution < -0.4 is 4.74 Å². The van der Waals surface area contributed by atoms with Crippen LogP contribution in [0.4, 0.5) is 0 Å². The first-order valence-corrected chi connectivity index (χ1v) is 6.09. The minimum atomic E-state index is -0.117. The Kier molecular flexibility index (Phi) is 3.97. The van der Waals surface area contributed by atoms with Crippen molar-refractivity contribution in [1.82, 2.24) is 4.90 Å². The van der Waals surface area contributed by atoms with Crippen LogP contribution in [0, 0.1) is 5.92 Å². The summed E-state index contributed by atoms with van der Waals surface area (Å²) in [4.78, 5) is 24.0. The minimum Gasteiger partial charge on any atom is -0.497 e. The highest BCUT2D eigenvalue weighted by Crippen LogP contribution is 2.17. The molecule has 18 heavy (non-hydrogen) atoms. The highest BCUT2D eigenvalue weighted by atomic mass is 16.5. The Morgan fingerprint density at radius 3 is 2.67 bits per heavy atom. The minimum absolute atomic E-state index is 0.0839. The van der Waals surface area contributed by atoms with Crippen molar-refractivity contribution in [3.63, 3.8) is 0 Å². The lowest BCUT2D eigenvalue weighted by atomic mass is 10.1. The fourth-order valence-corrected chi connectivity index (χ4v) is 2.17. The van der Waals surface area contributed by atoms with E-state index in [4.69, 9.17) is 4.74 Å². The fraction of sp³-hybridized carbons (Fsp3) is 0.429. The van der Waals surface area contributed by atoms with Gasteiger partial charge in [-0.2, -0.15) is 0 Å². The van der Waals surface area contributed by atoms with Gasteiger partial charge in [0.05, 0.1) is 7.11 Å². The van der Waals surface area contributed by atoms with E-state index in [0.717, 1.165) is 24.0 Å².